The van der Waals surface area contributed by atoms with E-state index in [9.17, 15) is 0 Å². The van der Waals surface area contributed by atoms with E-state index in [4.69, 9.17) is 25.4 Å². The van der Waals surface area contributed by atoms with Crippen molar-refractivity contribution in [2.45, 2.75) is 6.61 Å². The molecular formula is C10H10Cl2MgO. The van der Waals surface area contributed by atoms with Crippen LogP contribution in [0.4, 0.5) is 0 Å². The van der Waals surface area contributed by atoms with Gasteiger partial charge in [-0.25, -0.2) is 0 Å². The van der Waals surface area contributed by atoms with Crippen LogP contribution in [0.3, 0.4) is 0 Å². The van der Waals surface area contributed by atoms with Crippen LogP contribution in [0.5, 0.6) is 0 Å². The molecule has 1 nitrogen and oxygen atoms in total. The normalized spacial score (nSPS) is 9.57. The van der Waals surface area contributed by atoms with Gasteiger partial charge in [0.05, 0.1) is 13.2 Å². The zero-order valence-corrected chi connectivity index (χ0v) is 10.7. The van der Waals surface area contributed by atoms with Crippen LogP contribution < -0.4 is 3.69 Å². The molecule has 0 heterocycles. The lowest BCUT2D eigenvalue weighted by atomic mass is 10.2. The van der Waals surface area contributed by atoms with Gasteiger partial charge >= 0.3 is 19.3 Å². The van der Waals surface area contributed by atoms with Crippen LogP contribution in [0.2, 0.25) is 5.02 Å². The number of halogens is 2. The van der Waals surface area contributed by atoms with Crippen molar-refractivity contribution in [2.24, 2.45) is 0 Å². The molecule has 1 rings (SSSR count). The van der Waals surface area contributed by atoms with Gasteiger partial charge in [-0.3, -0.25) is 0 Å². The molecule has 0 saturated carbocycles. The minimum atomic E-state index is -0.711. The quantitative estimate of drug-likeness (QED) is 0.437. The standard InChI is InChI=1S/C10H10ClO.ClH.Mg/c1-2-7-12-8-9-3-5-10(11)6-4-9;;/h2-3,5-6H,1,7-8H2;1H;/q;;+1/p-1. The molecule has 1 aromatic carbocycles. The molecule has 72 valence electrons. The van der Waals surface area contributed by atoms with Gasteiger partial charge in [0.1, 0.15) is 0 Å². The van der Waals surface area contributed by atoms with E-state index in [-0.39, 0.29) is 0 Å². The van der Waals surface area contributed by atoms with Gasteiger partial charge in [-0.05, 0) is 11.6 Å². The van der Waals surface area contributed by atoms with Crippen molar-refractivity contribution in [3.05, 3.63) is 41.4 Å². The van der Waals surface area contributed by atoms with Crippen molar-refractivity contribution in [3.8, 4) is 0 Å². The van der Waals surface area contributed by atoms with E-state index in [1.807, 2.05) is 18.2 Å². The molecule has 0 radical (unpaired) electrons. The lowest BCUT2D eigenvalue weighted by molar-refractivity contribution is 0.149. The van der Waals surface area contributed by atoms with Crippen LogP contribution in [0.1, 0.15) is 5.56 Å². The zero-order chi connectivity index (χ0) is 10.4. The maximum atomic E-state index is 5.92. The SMILES string of the molecule is C=CCOCc1ccc(Cl)c[c]1[Mg][Cl]. The van der Waals surface area contributed by atoms with Crippen LogP contribution in [0.25, 0.3) is 0 Å². The monoisotopic (exact) mass is 240 g/mol. The zero-order valence-electron chi connectivity index (χ0n) is 7.80. The molecule has 0 N–H and O–H groups in total. The summed E-state index contributed by atoms with van der Waals surface area (Å²) in [6.07, 6.45) is 1.73. The molecule has 1 aromatic rings. The average Bonchev–Trinajstić information content (AvgIpc) is 2.20. The van der Waals surface area contributed by atoms with Gasteiger partial charge in [0.25, 0.3) is 0 Å². The number of hydrogen-bond acceptors (Lipinski definition) is 1. The van der Waals surface area contributed by atoms with Crippen LogP contribution in [0.15, 0.2) is 30.9 Å². The number of rotatable bonds is 5. The van der Waals surface area contributed by atoms with E-state index < -0.39 is 19.3 Å². The first kappa shape index (κ1) is 12.3. The Morgan fingerprint density at radius 1 is 1.50 bits per heavy atom. The number of benzene rings is 1. The van der Waals surface area contributed by atoms with Crippen molar-refractivity contribution in [1.82, 2.24) is 0 Å². The summed E-state index contributed by atoms with van der Waals surface area (Å²) < 4.78 is 6.51. The van der Waals surface area contributed by atoms with E-state index in [0.717, 1.165) is 14.3 Å². The fourth-order valence-corrected chi connectivity index (χ4v) is 2.87. The summed E-state index contributed by atoms with van der Waals surface area (Å²) in [6, 6.07) is 5.75. The predicted octanol–water partition coefficient (Wildman–Crippen LogP) is 2.53. The van der Waals surface area contributed by atoms with Gasteiger partial charge in [0.2, 0.25) is 0 Å². The fraction of sp³-hybridized carbons (Fsp3) is 0.200. The smallest absolute Gasteiger partial charge is 0.373 e. The Labute approximate surface area is 103 Å². The van der Waals surface area contributed by atoms with Crippen LogP contribution >= 0.6 is 20.7 Å². The minimum Gasteiger partial charge on any atom is -0.373 e. The van der Waals surface area contributed by atoms with E-state index in [1.165, 1.54) is 0 Å². The van der Waals surface area contributed by atoms with Gasteiger partial charge in [-0.1, -0.05) is 29.8 Å². The molecule has 0 aliphatic rings. The van der Waals surface area contributed by atoms with Crippen molar-refractivity contribution < 1.29 is 4.74 Å². The molecule has 0 aliphatic carbocycles. The molecule has 0 atom stereocenters. The Bertz CT molecular complexity index is 315. The first-order valence-electron chi connectivity index (χ1n) is 4.30. The molecule has 4 heteroatoms. The second-order valence-corrected chi connectivity index (χ2v) is 5.12. The average molecular weight is 241 g/mol. The minimum absolute atomic E-state index is 0.561. The van der Waals surface area contributed by atoms with Gasteiger partial charge in [0.15, 0.2) is 0 Å². The van der Waals surface area contributed by atoms with Crippen molar-refractivity contribution >= 4 is 43.6 Å². The molecule has 0 unspecified atom stereocenters. The van der Waals surface area contributed by atoms with E-state index in [0.29, 0.717) is 13.2 Å². The maximum Gasteiger partial charge on any atom is 0.538 e. The summed E-state index contributed by atoms with van der Waals surface area (Å²) in [4.78, 5) is 0. The molecule has 0 aromatic heterocycles. The highest BCUT2D eigenvalue weighted by Crippen LogP contribution is 2.08. The first-order valence-corrected chi connectivity index (χ1v) is 7.52. The molecule has 0 fully saturated rings. The van der Waals surface area contributed by atoms with Gasteiger partial charge in [0, 0.05) is 5.02 Å². The molecular weight excluding hydrogens is 231 g/mol. The maximum absolute atomic E-state index is 5.92. The van der Waals surface area contributed by atoms with Gasteiger partial charge in [-0.2, -0.15) is 0 Å². The van der Waals surface area contributed by atoms with Gasteiger partial charge in [-0.15, -0.1) is 10.3 Å². The Balaban J connectivity index is 2.69. The summed E-state index contributed by atoms with van der Waals surface area (Å²) in [6.45, 7) is 4.73. The van der Waals surface area contributed by atoms with E-state index in [2.05, 4.69) is 6.58 Å². The van der Waals surface area contributed by atoms with Crippen molar-refractivity contribution in [3.63, 3.8) is 0 Å². The van der Waals surface area contributed by atoms with Crippen LogP contribution in [0, 0.1) is 0 Å². The van der Waals surface area contributed by atoms with Crippen molar-refractivity contribution in [1.29, 1.82) is 0 Å². The van der Waals surface area contributed by atoms with E-state index >= 15 is 0 Å². The number of ether oxygens (including phenoxy) is 1. The van der Waals surface area contributed by atoms with E-state index in [1.54, 1.807) is 6.08 Å². The van der Waals surface area contributed by atoms with Gasteiger partial charge < -0.3 is 13.8 Å². The Kier molecular flexibility index (Phi) is 5.90. The highest BCUT2D eigenvalue weighted by atomic mass is 35.5. The first-order chi connectivity index (χ1) is 6.77. The fourth-order valence-electron chi connectivity index (χ4n) is 1.11. The lowest BCUT2D eigenvalue weighted by Gasteiger charge is -2.07. The summed E-state index contributed by atoms with van der Waals surface area (Å²) in [5.74, 6) is 0. The third kappa shape index (κ3) is 3.79. The molecule has 0 amide bonds. The highest BCUT2D eigenvalue weighted by Gasteiger charge is 2.04. The predicted molar refractivity (Wildman–Crippen MR) is 62.5 cm³/mol. The molecule has 14 heavy (non-hydrogen) atoms. The summed E-state index contributed by atoms with van der Waals surface area (Å²) >= 11 is 5.15. The molecule has 0 aliphatic heterocycles. The second-order valence-electron chi connectivity index (χ2n) is 2.85. The summed E-state index contributed by atoms with van der Waals surface area (Å²) in [5.41, 5.74) is 1.14. The molecule has 0 spiro atoms. The van der Waals surface area contributed by atoms with Crippen LogP contribution in [-0.4, -0.2) is 25.9 Å². The molecule has 0 saturated heterocycles. The highest BCUT2D eigenvalue weighted by molar-refractivity contribution is 7.01. The largest absolute Gasteiger partial charge is 0.538 e. The topological polar surface area (TPSA) is 9.23 Å². The summed E-state index contributed by atoms with van der Waals surface area (Å²) in [7, 11) is 5.92. The summed E-state index contributed by atoms with van der Waals surface area (Å²) in [5, 5.41) is 0.737. The molecule has 0 bridgehead atoms. The third-order valence-electron chi connectivity index (χ3n) is 1.81. The Morgan fingerprint density at radius 2 is 2.29 bits per heavy atom. The lowest BCUT2D eigenvalue weighted by Crippen LogP contribution is -2.16. The number of hydrogen-bond donors (Lipinski definition) is 0. The Morgan fingerprint density at radius 3 is 2.93 bits per heavy atom. The second kappa shape index (κ2) is 6.70. The third-order valence-corrected chi connectivity index (χ3v) is 3.85. The Hall–Kier alpha value is 0.266. The van der Waals surface area contributed by atoms with Crippen molar-refractivity contribution in [2.75, 3.05) is 6.61 Å². The van der Waals surface area contributed by atoms with Crippen LogP contribution in [-0.2, 0) is 11.3 Å².